The Morgan fingerprint density at radius 3 is 1.77 bits per heavy atom. The van der Waals surface area contributed by atoms with Crippen LogP contribution in [0.25, 0.3) is 0 Å². The van der Waals surface area contributed by atoms with Gasteiger partial charge in [0.1, 0.15) is 11.5 Å². The van der Waals surface area contributed by atoms with Gasteiger partial charge in [-0.1, -0.05) is 19.1 Å². The van der Waals surface area contributed by atoms with Crippen LogP contribution in [0, 0.1) is 34.6 Å². The molecule has 0 saturated heterocycles. The molecule has 118 valence electrons. The van der Waals surface area contributed by atoms with Gasteiger partial charge in [-0.2, -0.15) is 0 Å². The summed E-state index contributed by atoms with van der Waals surface area (Å²) >= 11 is 0. The monoisotopic (exact) mass is 298 g/mol. The molecule has 0 aliphatic carbocycles. The molecule has 0 spiro atoms. The Morgan fingerprint density at radius 2 is 1.23 bits per heavy atom. The Hall–Kier alpha value is -1.96. The standard InChI is InChI=1S/C20H26O2/c1-7-18-15(6)17(9-12(3)20(18)22)10-16-8-11(2)19(21)14(5)13(16)4/h8-9,21-22H,7,10H2,1-6H3. The number of aryl methyl sites for hydroxylation is 2. The number of hydrogen-bond donors (Lipinski definition) is 2. The number of rotatable bonds is 3. The van der Waals surface area contributed by atoms with E-state index in [1.165, 1.54) is 16.7 Å². The van der Waals surface area contributed by atoms with Crippen LogP contribution in [0.4, 0.5) is 0 Å². The van der Waals surface area contributed by atoms with Crippen molar-refractivity contribution in [2.45, 2.75) is 54.4 Å². The van der Waals surface area contributed by atoms with Gasteiger partial charge in [-0.15, -0.1) is 0 Å². The number of phenols is 2. The highest BCUT2D eigenvalue weighted by molar-refractivity contribution is 5.53. The predicted molar refractivity (Wildman–Crippen MR) is 92.1 cm³/mol. The Kier molecular flexibility index (Phi) is 4.50. The normalized spacial score (nSPS) is 11.0. The molecule has 0 bridgehead atoms. The van der Waals surface area contributed by atoms with Crippen LogP contribution in [0.3, 0.4) is 0 Å². The van der Waals surface area contributed by atoms with Crippen LogP contribution < -0.4 is 0 Å². The van der Waals surface area contributed by atoms with Crippen molar-refractivity contribution >= 4 is 0 Å². The zero-order chi connectivity index (χ0) is 16.6. The van der Waals surface area contributed by atoms with Crippen LogP contribution in [0.15, 0.2) is 12.1 Å². The Bertz CT molecular complexity index is 727. The van der Waals surface area contributed by atoms with Gasteiger partial charge in [0.05, 0.1) is 0 Å². The van der Waals surface area contributed by atoms with E-state index in [4.69, 9.17) is 0 Å². The molecule has 0 heterocycles. The minimum atomic E-state index is 0.397. The van der Waals surface area contributed by atoms with Crippen molar-refractivity contribution in [2.24, 2.45) is 0 Å². The third-order valence-electron chi connectivity index (χ3n) is 4.88. The first-order chi connectivity index (χ1) is 10.3. The molecule has 0 unspecified atom stereocenters. The fourth-order valence-electron chi connectivity index (χ4n) is 3.20. The molecule has 0 aromatic heterocycles. The van der Waals surface area contributed by atoms with Crippen molar-refractivity contribution < 1.29 is 10.2 Å². The van der Waals surface area contributed by atoms with Crippen molar-refractivity contribution in [2.75, 3.05) is 0 Å². The van der Waals surface area contributed by atoms with Crippen LogP contribution in [0.1, 0.15) is 51.4 Å². The lowest BCUT2D eigenvalue weighted by molar-refractivity contribution is 0.463. The average Bonchev–Trinajstić information content (AvgIpc) is 2.48. The first-order valence-corrected chi connectivity index (χ1v) is 7.87. The third kappa shape index (κ3) is 2.70. The minimum absolute atomic E-state index is 0.397. The van der Waals surface area contributed by atoms with Gasteiger partial charge in [0, 0.05) is 0 Å². The van der Waals surface area contributed by atoms with E-state index >= 15 is 0 Å². The van der Waals surface area contributed by atoms with Gasteiger partial charge in [-0.3, -0.25) is 0 Å². The van der Waals surface area contributed by atoms with Gasteiger partial charge < -0.3 is 10.2 Å². The summed E-state index contributed by atoms with van der Waals surface area (Å²) in [5, 5.41) is 20.3. The average molecular weight is 298 g/mol. The SMILES string of the molecule is CCc1c(C)c(Cc2cc(C)c(O)c(C)c2C)cc(C)c1O. The molecule has 0 aliphatic heterocycles. The van der Waals surface area contributed by atoms with Crippen LogP contribution in [0.2, 0.25) is 0 Å². The van der Waals surface area contributed by atoms with Crippen molar-refractivity contribution in [1.29, 1.82) is 0 Å². The summed E-state index contributed by atoms with van der Waals surface area (Å²) in [6.07, 6.45) is 1.66. The Labute approximate surface area is 133 Å². The number of hydrogen-bond acceptors (Lipinski definition) is 2. The molecular weight excluding hydrogens is 272 g/mol. The second kappa shape index (κ2) is 6.04. The maximum atomic E-state index is 10.2. The second-order valence-electron chi connectivity index (χ2n) is 6.29. The molecule has 2 heteroatoms. The summed E-state index contributed by atoms with van der Waals surface area (Å²) in [6, 6.07) is 4.16. The van der Waals surface area contributed by atoms with Gasteiger partial charge in [-0.25, -0.2) is 0 Å². The van der Waals surface area contributed by atoms with Gasteiger partial charge in [0.15, 0.2) is 0 Å². The minimum Gasteiger partial charge on any atom is -0.507 e. The highest BCUT2D eigenvalue weighted by Gasteiger charge is 2.14. The van der Waals surface area contributed by atoms with Gasteiger partial charge in [-0.05, 0) is 92.0 Å². The highest BCUT2D eigenvalue weighted by atomic mass is 16.3. The molecule has 0 saturated carbocycles. The van der Waals surface area contributed by atoms with Gasteiger partial charge >= 0.3 is 0 Å². The molecule has 2 N–H and O–H groups in total. The molecule has 2 rings (SSSR count). The lowest BCUT2D eigenvalue weighted by Gasteiger charge is -2.17. The fraction of sp³-hybridized carbons (Fsp3) is 0.400. The van der Waals surface area contributed by atoms with Crippen molar-refractivity contribution in [1.82, 2.24) is 0 Å². The van der Waals surface area contributed by atoms with E-state index < -0.39 is 0 Å². The zero-order valence-corrected chi connectivity index (χ0v) is 14.5. The quantitative estimate of drug-likeness (QED) is 0.855. The molecular formula is C20H26O2. The molecule has 0 atom stereocenters. The summed E-state index contributed by atoms with van der Waals surface area (Å²) in [5.74, 6) is 0.827. The molecule has 0 aliphatic rings. The van der Waals surface area contributed by atoms with E-state index in [0.717, 1.165) is 40.7 Å². The van der Waals surface area contributed by atoms with E-state index in [9.17, 15) is 10.2 Å². The number of benzene rings is 2. The van der Waals surface area contributed by atoms with Crippen molar-refractivity contribution in [3.8, 4) is 11.5 Å². The predicted octanol–water partition coefficient (Wildman–Crippen LogP) is 4.79. The molecule has 2 nitrogen and oxygen atoms in total. The molecule has 2 aromatic carbocycles. The van der Waals surface area contributed by atoms with Crippen LogP contribution in [-0.2, 0) is 12.8 Å². The Morgan fingerprint density at radius 1 is 0.727 bits per heavy atom. The van der Waals surface area contributed by atoms with Crippen molar-refractivity contribution in [3.63, 3.8) is 0 Å². The lowest BCUT2D eigenvalue weighted by Crippen LogP contribution is -2.02. The second-order valence-corrected chi connectivity index (χ2v) is 6.29. The van der Waals surface area contributed by atoms with Gasteiger partial charge in [0.25, 0.3) is 0 Å². The largest absolute Gasteiger partial charge is 0.507 e. The lowest BCUT2D eigenvalue weighted by atomic mass is 9.89. The Balaban J connectivity index is 2.55. The maximum absolute atomic E-state index is 10.2. The third-order valence-corrected chi connectivity index (χ3v) is 4.88. The zero-order valence-electron chi connectivity index (χ0n) is 14.5. The van der Waals surface area contributed by atoms with Crippen LogP contribution in [0.5, 0.6) is 11.5 Å². The number of phenolic OH excluding ortho intramolecular Hbond substituents is 2. The highest BCUT2D eigenvalue weighted by Crippen LogP contribution is 2.33. The van der Waals surface area contributed by atoms with E-state index in [1.807, 2.05) is 20.8 Å². The molecule has 0 fully saturated rings. The van der Waals surface area contributed by atoms with Crippen LogP contribution >= 0.6 is 0 Å². The van der Waals surface area contributed by atoms with E-state index in [1.54, 1.807) is 0 Å². The molecule has 0 amide bonds. The van der Waals surface area contributed by atoms with Gasteiger partial charge in [0.2, 0.25) is 0 Å². The van der Waals surface area contributed by atoms with E-state index in [-0.39, 0.29) is 0 Å². The number of aromatic hydroxyl groups is 2. The smallest absolute Gasteiger partial charge is 0.121 e. The molecule has 0 radical (unpaired) electrons. The van der Waals surface area contributed by atoms with E-state index in [0.29, 0.717) is 11.5 Å². The first-order valence-electron chi connectivity index (χ1n) is 7.87. The van der Waals surface area contributed by atoms with Crippen molar-refractivity contribution in [3.05, 3.63) is 56.6 Å². The summed E-state index contributed by atoms with van der Waals surface area (Å²) in [7, 11) is 0. The summed E-state index contributed by atoms with van der Waals surface area (Å²) in [5.41, 5.74) is 8.66. The summed E-state index contributed by atoms with van der Waals surface area (Å²) < 4.78 is 0. The summed E-state index contributed by atoms with van der Waals surface area (Å²) in [6.45, 7) is 12.1. The summed E-state index contributed by atoms with van der Waals surface area (Å²) in [4.78, 5) is 0. The first kappa shape index (κ1) is 16.4. The van der Waals surface area contributed by atoms with Crippen LogP contribution in [-0.4, -0.2) is 10.2 Å². The molecule has 2 aromatic rings. The van der Waals surface area contributed by atoms with E-state index in [2.05, 4.69) is 32.9 Å². The topological polar surface area (TPSA) is 40.5 Å². The fourth-order valence-corrected chi connectivity index (χ4v) is 3.20. The maximum Gasteiger partial charge on any atom is 0.121 e. The molecule has 22 heavy (non-hydrogen) atoms.